The van der Waals surface area contributed by atoms with Crippen LogP contribution in [-0.2, 0) is 4.74 Å². The lowest BCUT2D eigenvalue weighted by molar-refractivity contribution is 0.122. The van der Waals surface area contributed by atoms with E-state index in [0.29, 0.717) is 0 Å². The van der Waals surface area contributed by atoms with Crippen LogP contribution in [0.25, 0.3) is 20.4 Å². The molecule has 4 rings (SSSR count). The minimum atomic E-state index is 0.757. The number of morpholine rings is 1. The van der Waals surface area contributed by atoms with Gasteiger partial charge in [-0.3, -0.25) is 0 Å². The number of hydrogen-bond donors (Lipinski definition) is 0. The van der Waals surface area contributed by atoms with Crippen molar-refractivity contribution in [2.24, 2.45) is 0 Å². The van der Waals surface area contributed by atoms with E-state index in [0.717, 1.165) is 58.2 Å². The summed E-state index contributed by atoms with van der Waals surface area (Å²) in [5.41, 5.74) is 3.30. The molecule has 0 N–H and O–H groups in total. The quantitative estimate of drug-likeness (QED) is 0.691. The predicted molar refractivity (Wildman–Crippen MR) is 85.2 cm³/mol. The molecule has 1 aliphatic heterocycles. The fourth-order valence-corrected chi connectivity index (χ4v) is 3.85. The topological polar surface area (TPSA) is 51.1 Å². The highest BCUT2D eigenvalue weighted by Gasteiger charge is 2.19. The summed E-state index contributed by atoms with van der Waals surface area (Å²) in [5.74, 6) is 1.02. The van der Waals surface area contributed by atoms with Gasteiger partial charge in [0.15, 0.2) is 0 Å². The van der Waals surface area contributed by atoms with E-state index in [-0.39, 0.29) is 0 Å². The van der Waals surface area contributed by atoms with Gasteiger partial charge >= 0.3 is 0 Å². The zero-order valence-corrected chi connectivity index (χ0v) is 12.9. The van der Waals surface area contributed by atoms with Gasteiger partial charge in [0.2, 0.25) is 0 Å². The van der Waals surface area contributed by atoms with E-state index in [9.17, 15) is 0 Å². The number of aryl methyl sites for hydroxylation is 2. The lowest BCUT2D eigenvalue weighted by Gasteiger charge is -2.27. The molecular formula is C15H16N4OS. The lowest BCUT2D eigenvalue weighted by atomic mass is 10.2. The summed E-state index contributed by atoms with van der Waals surface area (Å²) in [6.07, 6.45) is 1.66. The maximum Gasteiger partial charge on any atom is 0.150 e. The zero-order chi connectivity index (χ0) is 14.4. The summed E-state index contributed by atoms with van der Waals surface area (Å²) < 4.78 is 6.56. The molecule has 3 aromatic rings. The van der Waals surface area contributed by atoms with E-state index in [4.69, 9.17) is 9.72 Å². The Bertz CT molecular complexity index is 823. The molecule has 1 aliphatic rings. The molecule has 21 heavy (non-hydrogen) atoms. The second-order valence-electron chi connectivity index (χ2n) is 5.32. The van der Waals surface area contributed by atoms with Crippen LogP contribution in [0, 0.1) is 13.8 Å². The normalized spacial score (nSPS) is 16.0. The first-order valence-electron chi connectivity index (χ1n) is 7.08. The summed E-state index contributed by atoms with van der Waals surface area (Å²) in [7, 11) is 0. The molecule has 0 saturated carbocycles. The number of nitrogens with zero attached hydrogens (tertiary/aromatic N) is 4. The fourth-order valence-electron chi connectivity index (χ4n) is 2.68. The third-order valence-electron chi connectivity index (χ3n) is 3.98. The standard InChI is InChI=1S/C15H16N4OS/c1-9-7-11-12-13(21-15(11)18-10(9)2)14(17-8-16-12)19-3-5-20-6-4-19/h7-8H,3-6H2,1-2H3. The first-order chi connectivity index (χ1) is 10.2. The van der Waals surface area contributed by atoms with Crippen molar-refractivity contribution in [3.8, 4) is 0 Å². The molecular weight excluding hydrogens is 284 g/mol. The Kier molecular flexibility index (Phi) is 3.01. The van der Waals surface area contributed by atoms with E-state index >= 15 is 0 Å². The van der Waals surface area contributed by atoms with Gasteiger partial charge in [-0.15, -0.1) is 11.3 Å². The molecule has 0 aromatic carbocycles. The maximum atomic E-state index is 5.43. The SMILES string of the molecule is Cc1cc2c(nc1C)sc1c(N3CCOCC3)ncnc12. The largest absolute Gasteiger partial charge is 0.378 e. The maximum absolute atomic E-state index is 5.43. The average Bonchev–Trinajstić information content (AvgIpc) is 2.86. The third-order valence-corrected chi connectivity index (χ3v) is 5.07. The monoisotopic (exact) mass is 300 g/mol. The summed E-state index contributed by atoms with van der Waals surface area (Å²) >= 11 is 1.69. The van der Waals surface area contributed by atoms with Crippen LogP contribution in [0.2, 0.25) is 0 Å². The minimum Gasteiger partial charge on any atom is -0.378 e. The van der Waals surface area contributed by atoms with Gasteiger partial charge in [-0.25, -0.2) is 15.0 Å². The molecule has 5 nitrogen and oxygen atoms in total. The molecule has 6 heteroatoms. The van der Waals surface area contributed by atoms with Gasteiger partial charge in [0.1, 0.15) is 17.0 Å². The van der Waals surface area contributed by atoms with Gasteiger partial charge in [-0.1, -0.05) is 0 Å². The molecule has 1 saturated heterocycles. The summed E-state index contributed by atoms with van der Waals surface area (Å²) in [5, 5.41) is 1.13. The van der Waals surface area contributed by atoms with Crippen LogP contribution in [0.15, 0.2) is 12.4 Å². The van der Waals surface area contributed by atoms with E-state index in [1.165, 1.54) is 5.56 Å². The van der Waals surface area contributed by atoms with Crippen molar-refractivity contribution < 1.29 is 4.74 Å². The highest BCUT2D eigenvalue weighted by Crippen LogP contribution is 2.37. The molecule has 0 spiro atoms. The number of ether oxygens (including phenoxy) is 1. The van der Waals surface area contributed by atoms with Gasteiger partial charge in [0.05, 0.1) is 23.4 Å². The number of thiophene rings is 1. The van der Waals surface area contributed by atoms with Crippen LogP contribution in [0.1, 0.15) is 11.3 Å². The highest BCUT2D eigenvalue weighted by atomic mass is 32.1. The summed E-state index contributed by atoms with van der Waals surface area (Å²) in [6.45, 7) is 7.42. The molecule has 3 aromatic heterocycles. The number of rotatable bonds is 1. The molecule has 108 valence electrons. The van der Waals surface area contributed by atoms with Crippen molar-refractivity contribution in [2.45, 2.75) is 13.8 Å². The van der Waals surface area contributed by atoms with Crippen LogP contribution in [0.5, 0.6) is 0 Å². The van der Waals surface area contributed by atoms with E-state index in [1.807, 2.05) is 6.92 Å². The van der Waals surface area contributed by atoms with Gasteiger partial charge in [-0.05, 0) is 25.5 Å². The van der Waals surface area contributed by atoms with E-state index in [2.05, 4.69) is 27.9 Å². The van der Waals surface area contributed by atoms with E-state index in [1.54, 1.807) is 17.7 Å². The molecule has 1 fully saturated rings. The molecule has 0 amide bonds. The number of hydrogen-bond acceptors (Lipinski definition) is 6. The van der Waals surface area contributed by atoms with Crippen molar-refractivity contribution in [3.05, 3.63) is 23.7 Å². The van der Waals surface area contributed by atoms with Gasteiger partial charge < -0.3 is 9.64 Å². The Labute approximate surface area is 126 Å². The minimum absolute atomic E-state index is 0.757. The van der Waals surface area contributed by atoms with Crippen molar-refractivity contribution in [1.82, 2.24) is 15.0 Å². The van der Waals surface area contributed by atoms with Gasteiger partial charge in [-0.2, -0.15) is 0 Å². The molecule has 4 heterocycles. The van der Waals surface area contributed by atoms with Gasteiger partial charge in [0.25, 0.3) is 0 Å². The van der Waals surface area contributed by atoms with Crippen LogP contribution in [0.4, 0.5) is 5.82 Å². The number of aromatic nitrogens is 3. The average molecular weight is 300 g/mol. The van der Waals surface area contributed by atoms with E-state index < -0.39 is 0 Å². The van der Waals surface area contributed by atoms with Crippen LogP contribution in [0.3, 0.4) is 0 Å². The third kappa shape index (κ3) is 2.06. The molecule has 0 aliphatic carbocycles. The Morgan fingerprint density at radius 1 is 1.19 bits per heavy atom. The first-order valence-corrected chi connectivity index (χ1v) is 7.90. The molecule has 0 radical (unpaired) electrons. The number of anilines is 1. The summed E-state index contributed by atoms with van der Waals surface area (Å²) in [6, 6.07) is 2.19. The first kappa shape index (κ1) is 12.9. The predicted octanol–water partition coefficient (Wildman–Crippen LogP) is 2.69. The molecule has 0 bridgehead atoms. The second-order valence-corrected chi connectivity index (χ2v) is 6.32. The second kappa shape index (κ2) is 4.89. The number of pyridine rings is 1. The van der Waals surface area contributed by atoms with Crippen LogP contribution < -0.4 is 4.90 Å². The summed E-state index contributed by atoms with van der Waals surface area (Å²) in [4.78, 5) is 17.0. The Morgan fingerprint density at radius 3 is 2.81 bits per heavy atom. The van der Waals surface area contributed by atoms with Crippen molar-refractivity contribution in [1.29, 1.82) is 0 Å². The van der Waals surface area contributed by atoms with Crippen LogP contribution >= 0.6 is 11.3 Å². The van der Waals surface area contributed by atoms with Crippen LogP contribution in [-0.4, -0.2) is 41.3 Å². The Balaban J connectivity index is 1.96. The molecule has 0 atom stereocenters. The fraction of sp³-hybridized carbons (Fsp3) is 0.400. The number of fused-ring (bicyclic) bond motifs is 3. The Morgan fingerprint density at radius 2 is 2.00 bits per heavy atom. The van der Waals surface area contributed by atoms with Gasteiger partial charge in [0, 0.05) is 24.2 Å². The van der Waals surface area contributed by atoms with Crippen molar-refractivity contribution in [2.75, 3.05) is 31.2 Å². The van der Waals surface area contributed by atoms with Crippen molar-refractivity contribution >= 4 is 37.6 Å². The smallest absolute Gasteiger partial charge is 0.150 e. The lowest BCUT2D eigenvalue weighted by Crippen LogP contribution is -2.36. The zero-order valence-electron chi connectivity index (χ0n) is 12.1. The highest BCUT2D eigenvalue weighted by molar-refractivity contribution is 7.25. The molecule has 0 unspecified atom stereocenters. The Hall–Kier alpha value is -1.79. The van der Waals surface area contributed by atoms with Crippen molar-refractivity contribution in [3.63, 3.8) is 0 Å².